The molecular formula is C24H32O5. The molecule has 4 unspecified atom stereocenters. The van der Waals surface area contributed by atoms with Crippen molar-refractivity contribution in [3.63, 3.8) is 0 Å². The van der Waals surface area contributed by atoms with Crippen LogP contribution in [0.15, 0.2) is 12.2 Å². The van der Waals surface area contributed by atoms with E-state index >= 15 is 0 Å². The Morgan fingerprint density at radius 2 is 1.90 bits per heavy atom. The molecule has 0 radical (unpaired) electrons. The minimum atomic E-state index is -0.407. The van der Waals surface area contributed by atoms with Crippen molar-refractivity contribution in [2.45, 2.75) is 94.9 Å². The van der Waals surface area contributed by atoms with Crippen molar-refractivity contribution in [2.75, 3.05) is 0 Å². The number of hydrogen-bond donors (Lipinski definition) is 1. The number of aliphatic hydroxyl groups excluding tert-OH is 1. The number of rotatable bonds is 1. The van der Waals surface area contributed by atoms with Crippen molar-refractivity contribution in [3.05, 3.63) is 12.2 Å². The molecule has 7 aliphatic rings. The van der Waals surface area contributed by atoms with Crippen LogP contribution in [0.5, 0.6) is 0 Å². The van der Waals surface area contributed by atoms with Crippen LogP contribution in [0.1, 0.15) is 65.2 Å². The first-order chi connectivity index (χ1) is 13.8. The molecule has 3 heterocycles. The first kappa shape index (κ1) is 17.7. The molecule has 0 aromatic rings. The van der Waals surface area contributed by atoms with E-state index < -0.39 is 5.60 Å². The Morgan fingerprint density at radius 3 is 2.72 bits per heavy atom. The smallest absolute Gasteiger partial charge is 0.332 e. The molecule has 2 saturated heterocycles. The first-order valence-corrected chi connectivity index (χ1v) is 11.8. The molecule has 7 rings (SSSR count). The highest BCUT2D eigenvalue weighted by atomic mass is 16.8. The van der Waals surface area contributed by atoms with Crippen molar-refractivity contribution >= 4 is 5.97 Å². The predicted molar refractivity (Wildman–Crippen MR) is 104 cm³/mol. The average Bonchev–Trinajstić information content (AvgIpc) is 3.57. The highest BCUT2D eigenvalue weighted by Gasteiger charge is 2.85. The van der Waals surface area contributed by atoms with Gasteiger partial charge < -0.3 is 19.3 Å². The van der Waals surface area contributed by atoms with Crippen LogP contribution in [0.2, 0.25) is 0 Å². The summed E-state index contributed by atoms with van der Waals surface area (Å²) in [5, 5.41) is 10.3. The standard InChI is InChI=1S/C24H32O5/c1-21-8-5-14(25)11-13(21)3-4-16-15(21)6-9-22(2)17(12-18-24(16,22)28-18)23-10-7-19(26)27-20(23)29-23/h7,10,13-18,20,25H,3-6,8-9,11-12H2,1-2H3/t13-,14+,15?,16-,17?,18-,20?,21+,22-,23?,24-/m1/s1. The van der Waals surface area contributed by atoms with E-state index in [1.165, 1.54) is 25.7 Å². The minimum absolute atomic E-state index is 0.00876. The van der Waals surface area contributed by atoms with Crippen LogP contribution >= 0.6 is 0 Å². The van der Waals surface area contributed by atoms with E-state index in [1.807, 2.05) is 6.08 Å². The molecule has 158 valence electrons. The first-order valence-electron chi connectivity index (χ1n) is 11.8. The van der Waals surface area contributed by atoms with Crippen LogP contribution in [-0.4, -0.2) is 40.8 Å². The summed E-state index contributed by atoms with van der Waals surface area (Å²) in [7, 11) is 0. The lowest BCUT2D eigenvalue weighted by atomic mass is 9.43. The van der Waals surface area contributed by atoms with Gasteiger partial charge in [0.15, 0.2) is 5.60 Å². The molecule has 11 atom stereocenters. The van der Waals surface area contributed by atoms with Crippen LogP contribution in [0.4, 0.5) is 0 Å². The van der Waals surface area contributed by atoms with Crippen LogP contribution in [-0.2, 0) is 19.0 Å². The van der Waals surface area contributed by atoms with Gasteiger partial charge in [0.05, 0.1) is 12.2 Å². The van der Waals surface area contributed by atoms with Crippen molar-refractivity contribution in [3.8, 4) is 0 Å². The Kier molecular flexibility index (Phi) is 3.12. The number of hydrogen-bond acceptors (Lipinski definition) is 5. The summed E-state index contributed by atoms with van der Waals surface area (Å²) in [6.45, 7) is 4.96. The van der Waals surface area contributed by atoms with E-state index in [4.69, 9.17) is 14.2 Å². The second-order valence-corrected chi connectivity index (χ2v) is 11.6. The van der Waals surface area contributed by atoms with Gasteiger partial charge in [0.1, 0.15) is 5.60 Å². The fourth-order valence-corrected chi connectivity index (χ4v) is 9.44. The van der Waals surface area contributed by atoms with Crippen LogP contribution in [0.3, 0.4) is 0 Å². The molecule has 4 aliphatic carbocycles. The van der Waals surface area contributed by atoms with E-state index in [0.717, 1.165) is 25.7 Å². The number of carbonyl (C=O) groups excluding carboxylic acids is 1. The van der Waals surface area contributed by atoms with E-state index in [0.29, 0.717) is 35.2 Å². The fraction of sp³-hybridized carbons (Fsp3) is 0.875. The lowest BCUT2D eigenvalue weighted by molar-refractivity contribution is -0.151. The summed E-state index contributed by atoms with van der Waals surface area (Å²) in [5.41, 5.74) is 0.0174. The summed E-state index contributed by atoms with van der Waals surface area (Å²) < 4.78 is 18.1. The van der Waals surface area contributed by atoms with E-state index in [9.17, 15) is 9.90 Å². The minimum Gasteiger partial charge on any atom is -0.429 e. The third kappa shape index (κ3) is 1.89. The Labute approximate surface area is 172 Å². The lowest BCUT2D eigenvalue weighted by Crippen LogP contribution is -2.59. The van der Waals surface area contributed by atoms with Crippen molar-refractivity contribution in [2.24, 2.45) is 34.5 Å². The number of carbonyl (C=O) groups is 1. The van der Waals surface area contributed by atoms with Gasteiger partial charge in [-0.05, 0) is 80.6 Å². The zero-order valence-electron chi connectivity index (χ0n) is 17.4. The highest BCUT2D eigenvalue weighted by molar-refractivity contribution is 5.84. The summed E-state index contributed by atoms with van der Waals surface area (Å²) >= 11 is 0. The van der Waals surface area contributed by atoms with Crippen molar-refractivity contribution in [1.82, 2.24) is 0 Å². The fourth-order valence-electron chi connectivity index (χ4n) is 9.44. The summed E-state index contributed by atoms with van der Waals surface area (Å²) in [6, 6.07) is 0. The summed E-state index contributed by atoms with van der Waals surface area (Å²) in [6.07, 6.45) is 12.4. The molecule has 1 spiro atoms. The monoisotopic (exact) mass is 400 g/mol. The summed E-state index contributed by atoms with van der Waals surface area (Å²) in [4.78, 5) is 11.6. The van der Waals surface area contributed by atoms with Gasteiger partial charge in [-0.25, -0.2) is 4.79 Å². The van der Waals surface area contributed by atoms with Crippen molar-refractivity contribution in [1.29, 1.82) is 0 Å². The van der Waals surface area contributed by atoms with Gasteiger partial charge in [-0.3, -0.25) is 0 Å². The van der Waals surface area contributed by atoms with E-state index in [2.05, 4.69) is 13.8 Å². The van der Waals surface area contributed by atoms with Crippen LogP contribution in [0.25, 0.3) is 0 Å². The lowest BCUT2D eigenvalue weighted by Gasteiger charge is -2.61. The number of esters is 1. The zero-order valence-corrected chi connectivity index (χ0v) is 17.4. The van der Waals surface area contributed by atoms with Gasteiger partial charge in [-0.1, -0.05) is 13.8 Å². The predicted octanol–water partition coefficient (Wildman–Crippen LogP) is 3.35. The maximum atomic E-state index is 11.6. The van der Waals surface area contributed by atoms with Gasteiger partial charge in [0, 0.05) is 17.4 Å². The third-order valence-electron chi connectivity index (χ3n) is 10.9. The molecule has 0 amide bonds. The molecule has 3 aliphatic heterocycles. The van der Waals surface area contributed by atoms with Gasteiger partial charge in [-0.2, -0.15) is 0 Å². The Hall–Kier alpha value is -0.910. The maximum Gasteiger partial charge on any atom is 0.332 e. The molecule has 0 aromatic heterocycles. The Bertz CT molecular complexity index is 824. The Morgan fingerprint density at radius 1 is 1.03 bits per heavy atom. The molecule has 29 heavy (non-hydrogen) atoms. The summed E-state index contributed by atoms with van der Waals surface area (Å²) in [5.74, 6) is 2.08. The zero-order chi connectivity index (χ0) is 19.8. The quantitative estimate of drug-likeness (QED) is 0.540. The number of fused-ring (bicyclic) bond motifs is 4. The largest absolute Gasteiger partial charge is 0.429 e. The van der Waals surface area contributed by atoms with Crippen LogP contribution < -0.4 is 0 Å². The molecule has 5 heteroatoms. The second-order valence-electron chi connectivity index (χ2n) is 11.6. The van der Waals surface area contributed by atoms with Crippen molar-refractivity contribution < 1.29 is 24.1 Å². The normalized spacial score (nSPS) is 64.1. The Balaban J connectivity index is 1.24. The van der Waals surface area contributed by atoms with Crippen LogP contribution in [0, 0.1) is 34.5 Å². The van der Waals surface area contributed by atoms with Gasteiger partial charge in [-0.15, -0.1) is 0 Å². The van der Waals surface area contributed by atoms with Gasteiger partial charge in [0.2, 0.25) is 6.29 Å². The molecule has 5 nitrogen and oxygen atoms in total. The van der Waals surface area contributed by atoms with E-state index in [1.54, 1.807) is 6.08 Å². The van der Waals surface area contributed by atoms with Gasteiger partial charge in [0.25, 0.3) is 0 Å². The number of epoxide rings is 2. The molecule has 0 bridgehead atoms. The maximum absolute atomic E-state index is 11.6. The molecule has 6 fully saturated rings. The number of aliphatic hydroxyl groups is 1. The molecule has 4 saturated carbocycles. The molecule has 0 aromatic carbocycles. The topological polar surface area (TPSA) is 71.6 Å². The molecular weight excluding hydrogens is 368 g/mol. The van der Waals surface area contributed by atoms with Gasteiger partial charge >= 0.3 is 5.97 Å². The number of ether oxygens (including phenoxy) is 3. The second kappa shape index (κ2) is 5.11. The van der Waals surface area contributed by atoms with E-state index in [-0.39, 0.29) is 29.4 Å². The third-order valence-corrected chi connectivity index (χ3v) is 10.9. The SMILES string of the molecule is C[C@]12CC[C@H](O)C[C@H]1CC[C@@H]1C2CC[C@]2(C)C(C34C=CC(=O)OC3O4)C[C@H]3O[C@]132. The highest BCUT2D eigenvalue weighted by Crippen LogP contribution is 2.79. The molecule has 1 N–H and O–H groups in total. The average molecular weight is 401 g/mol.